The van der Waals surface area contributed by atoms with Crippen LogP contribution in [0.2, 0.25) is 0 Å². The number of likely N-dealkylation sites (tertiary alicyclic amines) is 1. The van der Waals surface area contributed by atoms with Crippen LogP contribution in [0.15, 0.2) is 60.7 Å². The van der Waals surface area contributed by atoms with E-state index in [0.717, 1.165) is 12.1 Å². The van der Waals surface area contributed by atoms with Gasteiger partial charge < -0.3 is 14.5 Å². The Morgan fingerprint density at radius 1 is 1.00 bits per heavy atom. The lowest BCUT2D eigenvalue weighted by Crippen LogP contribution is -2.36. The van der Waals surface area contributed by atoms with Gasteiger partial charge in [0.15, 0.2) is 6.61 Å². The Kier molecular flexibility index (Phi) is 4.37. The van der Waals surface area contributed by atoms with Gasteiger partial charge in [-0.1, -0.05) is 36.4 Å². The Morgan fingerprint density at radius 2 is 1.69 bits per heavy atom. The molecule has 2 fully saturated rings. The van der Waals surface area contributed by atoms with Crippen LogP contribution in [0.25, 0.3) is 0 Å². The molecule has 2 amide bonds. The molecule has 4 rings (SSSR count). The molecule has 1 atom stereocenters. The summed E-state index contributed by atoms with van der Waals surface area (Å²) in [5.41, 5.74) is 0.807. The summed E-state index contributed by atoms with van der Waals surface area (Å²) in [6.45, 7) is 2.03. The zero-order valence-corrected chi connectivity index (χ0v) is 14.6. The highest BCUT2D eigenvalue weighted by molar-refractivity contribution is 5.96. The number of ether oxygens (including phenoxy) is 1. The highest BCUT2D eigenvalue weighted by Gasteiger charge is 2.48. The Hall–Kier alpha value is -2.82. The van der Waals surface area contributed by atoms with E-state index in [1.54, 1.807) is 0 Å². The molecule has 0 saturated carbocycles. The lowest BCUT2D eigenvalue weighted by atomic mass is 9.86. The number of para-hydroxylation sites is 2. The third kappa shape index (κ3) is 3.29. The molecule has 0 aromatic heterocycles. The summed E-state index contributed by atoms with van der Waals surface area (Å²) >= 11 is 0. The summed E-state index contributed by atoms with van der Waals surface area (Å²) in [6, 6.07) is 19.1. The second kappa shape index (κ2) is 6.83. The van der Waals surface area contributed by atoms with Crippen molar-refractivity contribution in [1.29, 1.82) is 0 Å². The van der Waals surface area contributed by atoms with Crippen molar-refractivity contribution in [2.45, 2.75) is 12.8 Å². The first kappa shape index (κ1) is 16.6. The minimum atomic E-state index is -0.130. The summed E-state index contributed by atoms with van der Waals surface area (Å²) in [4.78, 5) is 28.7. The summed E-state index contributed by atoms with van der Waals surface area (Å²) < 4.78 is 5.57. The van der Waals surface area contributed by atoms with Crippen molar-refractivity contribution in [3.05, 3.63) is 60.7 Å². The average Bonchev–Trinajstić information content (AvgIpc) is 3.24. The SMILES string of the molecule is O=C(COc1ccccc1)N1CCC2(CC(=O)N(c3ccccc3)C2)C1. The minimum Gasteiger partial charge on any atom is -0.484 e. The molecule has 134 valence electrons. The molecule has 1 unspecified atom stereocenters. The summed E-state index contributed by atoms with van der Waals surface area (Å²) in [5, 5.41) is 0. The van der Waals surface area contributed by atoms with Gasteiger partial charge in [0.2, 0.25) is 5.91 Å². The van der Waals surface area contributed by atoms with Gasteiger partial charge in [-0.05, 0) is 30.7 Å². The van der Waals surface area contributed by atoms with Gasteiger partial charge >= 0.3 is 0 Å². The molecule has 2 aliphatic rings. The highest BCUT2D eigenvalue weighted by Crippen LogP contribution is 2.41. The van der Waals surface area contributed by atoms with Crippen molar-refractivity contribution in [2.24, 2.45) is 5.41 Å². The number of benzene rings is 2. The molecule has 0 aliphatic carbocycles. The number of amides is 2. The Morgan fingerprint density at radius 3 is 2.42 bits per heavy atom. The molecular weight excluding hydrogens is 328 g/mol. The third-order valence-corrected chi connectivity index (χ3v) is 5.29. The predicted molar refractivity (Wildman–Crippen MR) is 99.0 cm³/mol. The Labute approximate surface area is 153 Å². The fourth-order valence-corrected chi connectivity index (χ4v) is 3.91. The molecule has 2 aromatic rings. The molecule has 2 heterocycles. The third-order valence-electron chi connectivity index (χ3n) is 5.29. The summed E-state index contributed by atoms with van der Waals surface area (Å²) in [7, 11) is 0. The van der Waals surface area contributed by atoms with E-state index in [0.29, 0.717) is 31.8 Å². The van der Waals surface area contributed by atoms with Crippen LogP contribution < -0.4 is 9.64 Å². The number of hydrogen-bond donors (Lipinski definition) is 0. The van der Waals surface area contributed by atoms with Crippen molar-refractivity contribution in [2.75, 3.05) is 31.1 Å². The predicted octanol–water partition coefficient (Wildman–Crippen LogP) is 2.72. The highest BCUT2D eigenvalue weighted by atomic mass is 16.5. The van der Waals surface area contributed by atoms with E-state index < -0.39 is 0 Å². The fourth-order valence-electron chi connectivity index (χ4n) is 3.91. The number of carbonyl (C=O) groups excluding carboxylic acids is 2. The first-order valence-corrected chi connectivity index (χ1v) is 8.96. The number of rotatable bonds is 4. The van der Waals surface area contributed by atoms with E-state index in [1.807, 2.05) is 70.5 Å². The second-order valence-electron chi connectivity index (χ2n) is 7.16. The van der Waals surface area contributed by atoms with Crippen LogP contribution in [0.3, 0.4) is 0 Å². The van der Waals surface area contributed by atoms with Crippen molar-refractivity contribution in [3.8, 4) is 5.75 Å². The quantitative estimate of drug-likeness (QED) is 0.852. The number of anilines is 1. The number of hydrogen-bond acceptors (Lipinski definition) is 3. The van der Waals surface area contributed by atoms with Gasteiger partial charge in [-0.25, -0.2) is 0 Å². The normalized spacial score (nSPS) is 22.2. The van der Waals surface area contributed by atoms with E-state index in [-0.39, 0.29) is 23.8 Å². The zero-order chi connectivity index (χ0) is 18.0. The average molecular weight is 350 g/mol. The molecule has 2 aromatic carbocycles. The lowest BCUT2D eigenvalue weighted by molar-refractivity contribution is -0.132. The zero-order valence-electron chi connectivity index (χ0n) is 14.6. The number of carbonyl (C=O) groups is 2. The Bertz CT molecular complexity index is 793. The topological polar surface area (TPSA) is 49.9 Å². The maximum atomic E-state index is 12.5. The van der Waals surface area contributed by atoms with E-state index in [2.05, 4.69) is 0 Å². The van der Waals surface area contributed by atoms with Crippen LogP contribution in [0.1, 0.15) is 12.8 Å². The first-order valence-electron chi connectivity index (χ1n) is 8.96. The van der Waals surface area contributed by atoms with Gasteiger partial charge in [-0.2, -0.15) is 0 Å². The van der Waals surface area contributed by atoms with Crippen LogP contribution in [-0.4, -0.2) is 43.0 Å². The van der Waals surface area contributed by atoms with Crippen LogP contribution in [0.4, 0.5) is 5.69 Å². The molecule has 5 heteroatoms. The standard InChI is InChI=1S/C21H22N2O3/c24-19-13-21(16-23(19)17-7-3-1-4-8-17)11-12-22(15-21)20(25)14-26-18-9-5-2-6-10-18/h1-10H,11-16H2. The van der Waals surface area contributed by atoms with Crippen molar-refractivity contribution in [3.63, 3.8) is 0 Å². The maximum absolute atomic E-state index is 12.5. The van der Waals surface area contributed by atoms with Crippen molar-refractivity contribution < 1.29 is 14.3 Å². The van der Waals surface area contributed by atoms with Crippen LogP contribution >= 0.6 is 0 Å². The van der Waals surface area contributed by atoms with Gasteiger partial charge in [0.05, 0.1) is 0 Å². The number of nitrogens with zero attached hydrogens (tertiary/aromatic N) is 2. The molecule has 26 heavy (non-hydrogen) atoms. The van der Waals surface area contributed by atoms with E-state index in [9.17, 15) is 9.59 Å². The largest absolute Gasteiger partial charge is 0.484 e. The van der Waals surface area contributed by atoms with Gasteiger partial charge in [0.25, 0.3) is 5.91 Å². The van der Waals surface area contributed by atoms with Crippen molar-refractivity contribution >= 4 is 17.5 Å². The lowest BCUT2D eigenvalue weighted by Gasteiger charge is -2.24. The van der Waals surface area contributed by atoms with E-state index in [1.165, 1.54) is 0 Å². The molecule has 0 N–H and O–H groups in total. The molecule has 1 spiro atoms. The Balaban J connectivity index is 1.37. The molecule has 2 saturated heterocycles. The molecular formula is C21H22N2O3. The van der Waals surface area contributed by atoms with Crippen LogP contribution in [-0.2, 0) is 9.59 Å². The minimum absolute atomic E-state index is 0.0173. The monoisotopic (exact) mass is 350 g/mol. The van der Waals surface area contributed by atoms with Gasteiger partial charge in [-0.3, -0.25) is 9.59 Å². The molecule has 2 aliphatic heterocycles. The van der Waals surface area contributed by atoms with Crippen LogP contribution in [0.5, 0.6) is 5.75 Å². The van der Waals surface area contributed by atoms with Crippen LogP contribution in [0, 0.1) is 5.41 Å². The molecule has 5 nitrogen and oxygen atoms in total. The molecule has 0 radical (unpaired) electrons. The first-order chi connectivity index (χ1) is 12.7. The van der Waals surface area contributed by atoms with Crippen molar-refractivity contribution in [1.82, 2.24) is 4.90 Å². The van der Waals surface area contributed by atoms with E-state index >= 15 is 0 Å². The summed E-state index contributed by atoms with van der Waals surface area (Å²) in [6.07, 6.45) is 1.37. The fraction of sp³-hybridized carbons (Fsp3) is 0.333. The van der Waals surface area contributed by atoms with Gasteiger partial charge in [-0.15, -0.1) is 0 Å². The summed E-state index contributed by atoms with van der Waals surface area (Å²) in [5.74, 6) is 0.823. The van der Waals surface area contributed by atoms with Gasteiger partial charge in [0.1, 0.15) is 5.75 Å². The molecule has 0 bridgehead atoms. The smallest absolute Gasteiger partial charge is 0.260 e. The maximum Gasteiger partial charge on any atom is 0.260 e. The second-order valence-corrected chi connectivity index (χ2v) is 7.16. The van der Waals surface area contributed by atoms with E-state index in [4.69, 9.17) is 4.74 Å². The van der Waals surface area contributed by atoms with Gasteiger partial charge in [0, 0.05) is 37.2 Å².